The first-order valence-corrected chi connectivity index (χ1v) is 6.14. The summed E-state index contributed by atoms with van der Waals surface area (Å²) in [6.07, 6.45) is 0. The van der Waals surface area contributed by atoms with E-state index in [-0.39, 0.29) is 0 Å². The van der Waals surface area contributed by atoms with E-state index in [1.54, 1.807) is 11.8 Å². The summed E-state index contributed by atoms with van der Waals surface area (Å²) < 4.78 is 2.24. The second-order valence-corrected chi connectivity index (χ2v) is 5.30. The molecule has 0 heterocycles. The van der Waals surface area contributed by atoms with E-state index in [9.17, 15) is 0 Å². The van der Waals surface area contributed by atoms with Crippen LogP contribution < -0.4 is 0 Å². The van der Waals surface area contributed by atoms with E-state index in [1.165, 1.54) is 9.13 Å². The van der Waals surface area contributed by atoms with Crippen LogP contribution in [0.1, 0.15) is 12.5 Å². The number of thiocarbonyl (C=S) groups is 1. The number of hydrogen-bond donors (Lipinski definition) is 0. The molecule has 0 spiro atoms. The minimum atomic E-state index is 1.00. The fourth-order valence-electron chi connectivity index (χ4n) is 0.836. The summed E-state index contributed by atoms with van der Waals surface area (Å²) in [6, 6.07) is 8.22. The lowest BCUT2D eigenvalue weighted by molar-refractivity contribution is 1.54. The predicted octanol–water partition coefficient (Wildman–Crippen LogP) is 3.72. The summed E-state index contributed by atoms with van der Waals surface area (Å²) in [7, 11) is 0. The molecule has 0 bridgehead atoms. The zero-order chi connectivity index (χ0) is 8.97. The highest BCUT2D eigenvalue weighted by Gasteiger charge is 2.03. The quantitative estimate of drug-likeness (QED) is 0.603. The first-order valence-electron chi connectivity index (χ1n) is 3.67. The minimum Gasteiger partial charge on any atom is -0.114 e. The van der Waals surface area contributed by atoms with Crippen LogP contribution in [-0.2, 0) is 0 Å². The third-order valence-electron chi connectivity index (χ3n) is 1.37. The third kappa shape index (κ3) is 2.71. The third-order valence-corrected chi connectivity index (χ3v) is 3.65. The van der Waals surface area contributed by atoms with Crippen molar-refractivity contribution in [2.75, 3.05) is 5.75 Å². The van der Waals surface area contributed by atoms with Crippen LogP contribution in [-0.4, -0.2) is 9.95 Å². The minimum absolute atomic E-state index is 1.00. The maximum atomic E-state index is 5.27. The van der Waals surface area contributed by atoms with Gasteiger partial charge in [0.1, 0.15) is 0 Å². The second-order valence-electron chi connectivity index (χ2n) is 2.20. The summed E-state index contributed by atoms with van der Waals surface area (Å²) in [5.74, 6) is 1.05. The van der Waals surface area contributed by atoms with Crippen LogP contribution in [0.5, 0.6) is 0 Å². The van der Waals surface area contributed by atoms with Crippen LogP contribution in [0.2, 0.25) is 0 Å². The van der Waals surface area contributed by atoms with Crippen LogP contribution in [0.15, 0.2) is 24.3 Å². The van der Waals surface area contributed by atoms with E-state index in [2.05, 4.69) is 41.6 Å². The van der Waals surface area contributed by atoms with Crippen LogP contribution in [0.3, 0.4) is 0 Å². The van der Waals surface area contributed by atoms with E-state index in [4.69, 9.17) is 12.2 Å². The van der Waals surface area contributed by atoms with Gasteiger partial charge in [-0.2, -0.15) is 0 Å². The van der Waals surface area contributed by atoms with Gasteiger partial charge in [-0.1, -0.05) is 37.3 Å². The van der Waals surface area contributed by atoms with Crippen LogP contribution >= 0.6 is 46.6 Å². The fraction of sp³-hybridized carbons (Fsp3) is 0.222. The highest BCUT2D eigenvalue weighted by molar-refractivity contribution is 14.1. The van der Waals surface area contributed by atoms with Gasteiger partial charge >= 0.3 is 0 Å². The van der Waals surface area contributed by atoms with Gasteiger partial charge in [-0.3, -0.25) is 0 Å². The summed E-state index contributed by atoms with van der Waals surface area (Å²) in [5.41, 5.74) is 1.19. The molecule has 0 nitrogen and oxygen atoms in total. The molecule has 1 aromatic rings. The summed E-state index contributed by atoms with van der Waals surface area (Å²) in [6.45, 7) is 2.12. The van der Waals surface area contributed by atoms with Gasteiger partial charge in [0.05, 0.1) is 4.20 Å². The SMILES string of the molecule is CCSC(=S)c1ccccc1I. The molecule has 1 aromatic carbocycles. The molecule has 12 heavy (non-hydrogen) atoms. The molecule has 0 amide bonds. The van der Waals surface area contributed by atoms with Crippen LogP contribution in [0.25, 0.3) is 0 Å². The van der Waals surface area contributed by atoms with Crippen LogP contribution in [0.4, 0.5) is 0 Å². The van der Waals surface area contributed by atoms with Crippen molar-refractivity contribution in [1.29, 1.82) is 0 Å². The maximum Gasteiger partial charge on any atom is 0.0788 e. The van der Waals surface area contributed by atoms with Crippen molar-refractivity contribution in [2.45, 2.75) is 6.92 Å². The monoisotopic (exact) mass is 308 g/mol. The second kappa shape index (κ2) is 5.19. The molecule has 0 aliphatic rings. The molecule has 0 fully saturated rings. The molecule has 0 aromatic heterocycles. The molecule has 0 aliphatic heterocycles. The zero-order valence-electron chi connectivity index (χ0n) is 6.71. The van der Waals surface area contributed by atoms with Gasteiger partial charge in [-0.25, -0.2) is 0 Å². The van der Waals surface area contributed by atoms with Crippen LogP contribution in [0, 0.1) is 3.57 Å². The number of rotatable bonds is 2. The first-order chi connectivity index (χ1) is 5.75. The molecule has 0 aliphatic carbocycles. The molecule has 1 rings (SSSR count). The lowest BCUT2D eigenvalue weighted by Crippen LogP contribution is -1.94. The van der Waals surface area contributed by atoms with Crippen molar-refractivity contribution in [2.24, 2.45) is 0 Å². The standard InChI is InChI=1S/C9H9IS2/c1-2-12-9(11)7-5-3-4-6-8(7)10/h3-6H,2H2,1H3. The lowest BCUT2D eigenvalue weighted by atomic mass is 10.2. The molecule has 0 unspecified atom stereocenters. The van der Waals surface area contributed by atoms with Crippen molar-refractivity contribution in [3.63, 3.8) is 0 Å². The molecule has 64 valence electrons. The molecule has 0 N–H and O–H groups in total. The van der Waals surface area contributed by atoms with Gasteiger partial charge in [0.2, 0.25) is 0 Å². The molecule has 0 atom stereocenters. The van der Waals surface area contributed by atoms with E-state index in [1.807, 2.05) is 12.1 Å². The van der Waals surface area contributed by atoms with Crippen molar-refractivity contribution in [3.8, 4) is 0 Å². The Morgan fingerprint density at radius 2 is 2.17 bits per heavy atom. The number of thioether (sulfide) groups is 1. The van der Waals surface area contributed by atoms with E-state index in [0.29, 0.717) is 0 Å². The Hall–Kier alpha value is 0.390. The average molecular weight is 308 g/mol. The van der Waals surface area contributed by atoms with Gasteiger partial charge in [-0.15, -0.1) is 11.8 Å². The summed E-state index contributed by atoms with van der Waals surface area (Å²) >= 11 is 9.30. The topological polar surface area (TPSA) is 0 Å². The molecular formula is C9H9IS2. The predicted molar refractivity (Wildman–Crippen MR) is 69.0 cm³/mol. The van der Waals surface area contributed by atoms with Gasteiger partial charge in [0.25, 0.3) is 0 Å². The van der Waals surface area contributed by atoms with Crippen molar-refractivity contribution < 1.29 is 0 Å². The normalized spacial score (nSPS) is 9.83. The van der Waals surface area contributed by atoms with E-state index < -0.39 is 0 Å². The van der Waals surface area contributed by atoms with E-state index >= 15 is 0 Å². The smallest absolute Gasteiger partial charge is 0.0788 e. The Labute approximate surface area is 96.3 Å². The molecule has 0 saturated carbocycles. The Morgan fingerprint density at radius 3 is 2.75 bits per heavy atom. The lowest BCUT2D eigenvalue weighted by Gasteiger charge is -2.03. The van der Waals surface area contributed by atoms with E-state index in [0.717, 1.165) is 9.95 Å². The Morgan fingerprint density at radius 1 is 1.50 bits per heavy atom. The first kappa shape index (κ1) is 10.5. The fourth-order valence-corrected chi connectivity index (χ4v) is 2.99. The summed E-state index contributed by atoms with van der Waals surface area (Å²) in [5, 5.41) is 0. The molecule has 0 saturated heterocycles. The summed E-state index contributed by atoms with van der Waals surface area (Å²) in [4.78, 5) is 0. The highest BCUT2D eigenvalue weighted by atomic mass is 127. The highest BCUT2D eigenvalue weighted by Crippen LogP contribution is 2.18. The van der Waals surface area contributed by atoms with Gasteiger partial charge < -0.3 is 0 Å². The number of halogens is 1. The molecule has 3 heteroatoms. The largest absolute Gasteiger partial charge is 0.114 e. The van der Waals surface area contributed by atoms with Gasteiger partial charge in [0, 0.05) is 9.13 Å². The number of hydrogen-bond acceptors (Lipinski definition) is 2. The Kier molecular flexibility index (Phi) is 4.53. The number of benzene rings is 1. The average Bonchev–Trinajstić information content (AvgIpc) is 2.05. The molecular weight excluding hydrogens is 299 g/mol. The van der Waals surface area contributed by atoms with Gasteiger partial charge in [-0.05, 0) is 34.4 Å². The molecule has 0 radical (unpaired) electrons. The Balaban J connectivity index is 2.87. The van der Waals surface area contributed by atoms with Crippen molar-refractivity contribution >= 4 is 50.8 Å². The zero-order valence-corrected chi connectivity index (χ0v) is 10.5. The maximum absolute atomic E-state index is 5.27. The van der Waals surface area contributed by atoms with Crippen molar-refractivity contribution in [3.05, 3.63) is 33.4 Å². The van der Waals surface area contributed by atoms with Crippen molar-refractivity contribution in [1.82, 2.24) is 0 Å². The Bertz CT molecular complexity index is 284. The van der Waals surface area contributed by atoms with Gasteiger partial charge in [0.15, 0.2) is 0 Å².